The third kappa shape index (κ3) is 3.53. The second-order valence-corrected chi connectivity index (χ2v) is 4.38. The van der Waals surface area contributed by atoms with E-state index in [0.717, 1.165) is 11.3 Å². The monoisotopic (exact) mass is 263 g/mol. The summed E-state index contributed by atoms with van der Waals surface area (Å²) in [5.41, 5.74) is 2.51. The smallest absolute Gasteiger partial charge is 0.230 e. The van der Waals surface area contributed by atoms with Gasteiger partial charge in [0.15, 0.2) is 0 Å². The molecule has 0 spiro atoms. The number of nitrogens with zero attached hydrogens (tertiary/aromatic N) is 2. The normalized spacial score (nSPS) is 10.1. The summed E-state index contributed by atoms with van der Waals surface area (Å²) in [6.45, 7) is 2.57. The number of carbonyl (C=O) groups excluding carboxylic acids is 1. The first-order valence-corrected chi connectivity index (χ1v) is 6.43. The van der Waals surface area contributed by atoms with Crippen molar-refractivity contribution in [1.82, 2.24) is 10.2 Å². The molecule has 0 saturated carbocycles. The third-order valence-corrected chi connectivity index (χ3v) is 2.81. The fourth-order valence-electron chi connectivity index (χ4n) is 1.45. The van der Waals surface area contributed by atoms with Crippen molar-refractivity contribution in [3.63, 3.8) is 0 Å². The van der Waals surface area contributed by atoms with Gasteiger partial charge < -0.3 is 10.1 Å². The first kappa shape index (κ1) is 12.5. The van der Waals surface area contributed by atoms with Crippen molar-refractivity contribution in [2.75, 3.05) is 11.9 Å². The van der Waals surface area contributed by atoms with E-state index in [-0.39, 0.29) is 5.91 Å². The molecule has 2 rings (SSSR count). The minimum Gasteiger partial charge on any atom is -0.494 e. The van der Waals surface area contributed by atoms with Crippen LogP contribution in [0.25, 0.3) is 0 Å². The maximum Gasteiger partial charge on any atom is 0.230 e. The van der Waals surface area contributed by atoms with Crippen molar-refractivity contribution >= 4 is 22.4 Å². The van der Waals surface area contributed by atoms with Gasteiger partial charge in [-0.3, -0.25) is 4.79 Å². The summed E-state index contributed by atoms with van der Waals surface area (Å²) >= 11 is 1.30. The Bertz CT molecular complexity index is 497. The fourth-order valence-corrected chi connectivity index (χ4v) is 1.91. The van der Waals surface area contributed by atoms with Crippen molar-refractivity contribution in [3.05, 3.63) is 35.3 Å². The van der Waals surface area contributed by atoms with Crippen molar-refractivity contribution < 1.29 is 9.53 Å². The van der Waals surface area contributed by atoms with Crippen LogP contribution in [0.5, 0.6) is 5.75 Å². The van der Waals surface area contributed by atoms with Gasteiger partial charge in [0.25, 0.3) is 0 Å². The predicted molar refractivity (Wildman–Crippen MR) is 69.9 cm³/mol. The molecule has 5 nitrogen and oxygen atoms in total. The molecule has 1 amide bonds. The Balaban J connectivity index is 1.90. The lowest BCUT2D eigenvalue weighted by atomic mass is 10.1. The maximum atomic E-state index is 11.7. The van der Waals surface area contributed by atoms with E-state index in [2.05, 4.69) is 15.5 Å². The molecule has 0 atom stereocenters. The first-order valence-electron chi connectivity index (χ1n) is 5.55. The Labute approximate surface area is 109 Å². The molecule has 1 aromatic heterocycles. The molecular formula is C12H13N3O2S. The van der Waals surface area contributed by atoms with Gasteiger partial charge in [-0.15, -0.1) is 10.2 Å². The molecular weight excluding hydrogens is 250 g/mol. The number of carbonyl (C=O) groups is 1. The second-order valence-electron chi connectivity index (χ2n) is 3.55. The number of rotatable bonds is 5. The minimum atomic E-state index is -0.101. The predicted octanol–water partition coefficient (Wildman–Crippen LogP) is 2.12. The van der Waals surface area contributed by atoms with Crippen LogP contribution in [0.4, 0.5) is 5.13 Å². The molecule has 0 saturated heterocycles. The van der Waals surface area contributed by atoms with E-state index < -0.39 is 0 Å². The summed E-state index contributed by atoms with van der Waals surface area (Å²) in [4.78, 5) is 11.7. The third-order valence-electron chi connectivity index (χ3n) is 2.21. The van der Waals surface area contributed by atoms with Crippen molar-refractivity contribution in [3.8, 4) is 5.75 Å². The molecule has 0 aliphatic rings. The van der Waals surface area contributed by atoms with Gasteiger partial charge in [0.05, 0.1) is 13.0 Å². The minimum absolute atomic E-state index is 0.101. The molecule has 0 fully saturated rings. The highest BCUT2D eigenvalue weighted by atomic mass is 32.1. The fraction of sp³-hybridized carbons (Fsp3) is 0.250. The molecule has 1 aromatic carbocycles. The molecule has 0 unspecified atom stereocenters. The zero-order chi connectivity index (χ0) is 12.8. The molecule has 0 aliphatic heterocycles. The van der Waals surface area contributed by atoms with Crippen LogP contribution in [0.3, 0.4) is 0 Å². The summed E-state index contributed by atoms with van der Waals surface area (Å²) in [5.74, 6) is 0.710. The van der Waals surface area contributed by atoms with Crippen molar-refractivity contribution in [2.24, 2.45) is 0 Å². The van der Waals surface area contributed by atoms with E-state index in [1.54, 1.807) is 5.51 Å². The number of aromatic nitrogens is 2. The molecule has 94 valence electrons. The summed E-state index contributed by atoms with van der Waals surface area (Å²) in [6.07, 6.45) is 0.311. The van der Waals surface area contributed by atoms with Gasteiger partial charge in [-0.2, -0.15) is 0 Å². The standard InChI is InChI=1S/C12H13N3O2S/c1-2-17-10-5-3-9(4-6-10)7-11(16)14-12-15-13-8-18-12/h3-6,8H,2,7H2,1H3,(H,14,15,16). The van der Waals surface area contributed by atoms with E-state index in [0.29, 0.717) is 18.2 Å². The molecule has 0 radical (unpaired) electrons. The number of benzene rings is 1. The highest BCUT2D eigenvalue weighted by Gasteiger charge is 2.06. The number of hydrogen-bond acceptors (Lipinski definition) is 5. The molecule has 0 aliphatic carbocycles. The van der Waals surface area contributed by atoms with Crippen molar-refractivity contribution in [2.45, 2.75) is 13.3 Å². The molecule has 6 heteroatoms. The van der Waals surface area contributed by atoms with Crippen LogP contribution in [0.15, 0.2) is 29.8 Å². The van der Waals surface area contributed by atoms with E-state index in [1.807, 2.05) is 31.2 Å². The summed E-state index contributed by atoms with van der Waals surface area (Å²) in [5, 5.41) is 10.6. The van der Waals surface area contributed by atoms with Crippen molar-refractivity contribution in [1.29, 1.82) is 0 Å². The maximum absolute atomic E-state index is 11.7. The average molecular weight is 263 g/mol. The molecule has 2 aromatic rings. The molecule has 1 heterocycles. The van der Waals surface area contributed by atoms with Gasteiger partial charge in [0, 0.05) is 0 Å². The Kier molecular flexibility index (Phi) is 4.25. The van der Waals surface area contributed by atoms with E-state index in [9.17, 15) is 4.79 Å². The van der Waals surface area contributed by atoms with Crippen LogP contribution in [0, 0.1) is 0 Å². The molecule has 18 heavy (non-hydrogen) atoms. The van der Waals surface area contributed by atoms with Crippen LogP contribution in [-0.4, -0.2) is 22.7 Å². The Morgan fingerprint density at radius 1 is 1.39 bits per heavy atom. The average Bonchev–Trinajstić information content (AvgIpc) is 2.84. The van der Waals surface area contributed by atoms with E-state index in [4.69, 9.17) is 4.74 Å². The Morgan fingerprint density at radius 2 is 2.17 bits per heavy atom. The quantitative estimate of drug-likeness (QED) is 0.897. The second kappa shape index (κ2) is 6.11. The lowest BCUT2D eigenvalue weighted by Gasteiger charge is -2.04. The highest BCUT2D eigenvalue weighted by molar-refractivity contribution is 7.13. The zero-order valence-corrected chi connectivity index (χ0v) is 10.7. The van der Waals surface area contributed by atoms with Gasteiger partial charge in [-0.1, -0.05) is 23.5 Å². The van der Waals surface area contributed by atoms with Crippen LogP contribution >= 0.6 is 11.3 Å². The number of nitrogens with one attached hydrogen (secondary N) is 1. The first-order chi connectivity index (χ1) is 8.78. The molecule has 1 N–H and O–H groups in total. The lowest BCUT2D eigenvalue weighted by Crippen LogP contribution is -2.14. The summed E-state index contributed by atoms with van der Waals surface area (Å²) in [7, 11) is 0. The van der Waals surface area contributed by atoms with Gasteiger partial charge in [-0.05, 0) is 24.6 Å². The van der Waals surface area contributed by atoms with E-state index >= 15 is 0 Å². The van der Waals surface area contributed by atoms with E-state index in [1.165, 1.54) is 11.3 Å². The topological polar surface area (TPSA) is 64.1 Å². The Hall–Kier alpha value is -1.95. The Morgan fingerprint density at radius 3 is 2.78 bits per heavy atom. The van der Waals surface area contributed by atoms with Crippen LogP contribution in [0.1, 0.15) is 12.5 Å². The SMILES string of the molecule is CCOc1ccc(CC(=O)Nc2nncs2)cc1. The number of ether oxygens (including phenoxy) is 1. The summed E-state index contributed by atoms with van der Waals surface area (Å²) < 4.78 is 5.33. The number of amides is 1. The summed E-state index contributed by atoms with van der Waals surface area (Å²) in [6, 6.07) is 7.48. The van der Waals surface area contributed by atoms with Crippen LogP contribution < -0.4 is 10.1 Å². The van der Waals surface area contributed by atoms with Gasteiger partial charge >= 0.3 is 0 Å². The van der Waals surface area contributed by atoms with Crippen LogP contribution in [0.2, 0.25) is 0 Å². The molecule has 0 bridgehead atoms. The highest BCUT2D eigenvalue weighted by Crippen LogP contribution is 2.13. The zero-order valence-electron chi connectivity index (χ0n) is 9.92. The van der Waals surface area contributed by atoms with Gasteiger partial charge in [0.2, 0.25) is 11.0 Å². The van der Waals surface area contributed by atoms with Gasteiger partial charge in [-0.25, -0.2) is 0 Å². The number of anilines is 1. The lowest BCUT2D eigenvalue weighted by molar-refractivity contribution is -0.115. The number of hydrogen-bond donors (Lipinski definition) is 1. The van der Waals surface area contributed by atoms with Gasteiger partial charge in [0.1, 0.15) is 11.3 Å². The largest absolute Gasteiger partial charge is 0.494 e. The van der Waals surface area contributed by atoms with Crippen LogP contribution in [-0.2, 0) is 11.2 Å².